The average Bonchev–Trinajstić information content (AvgIpc) is 3.76. The van der Waals surface area contributed by atoms with Crippen LogP contribution in [0.15, 0.2) is 30.3 Å². The van der Waals surface area contributed by atoms with Crippen molar-refractivity contribution < 1.29 is 52.5 Å². The predicted molar refractivity (Wildman–Crippen MR) is 267 cm³/mol. The van der Waals surface area contributed by atoms with Crippen molar-refractivity contribution in [3.8, 4) is 0 Å². The highest BCUT2D eigenvalue weighted by molar-refractivity contribution is 5.90. The molecule has 1 aromatic rings. The van der Waals surface area contributed by atoms with Crippen LogP contribution in [-0.4, -0.2) is 153 Å². The quantitative estimate of drug-likeness (QED) is 0.0656. The first-order chi connectivity index (χ1) is 32.3. The van der Waals surface area contributed by atoms with Crippen LogP contribution in [0, 0.1) is 35.5 Å². The Kier molecular flexibility index (Phi) is 25.6. The summed E-state index contributed by atoms with van der Waals surface area (Å²) >= 11 is 0. The first kappa shape index (κ1) is 60.7. The molecule has 1 saturated heterocycles. The molecule has 0 aliphatic carbocycles. The third-order valence-electron chi connectivity index (χ3n) is 13.5. The fourth-order valence-corrected chi connectivity index (χ4v) is 9.66. The van der Waals surface area contributed by atoms with Crippen LogP contribution in [0.4, 0.5) is 4.79 Å². The van der Waals surface area contributed by atoms with E-state index < -0.39 is 65.8 Å². The second kappa shape index (κ2) is 29.1. The molecule has 10 atom stereocenters. The molecule has 0 aromatic heterocycles. The second-order valence-corrected chi connectivity index (χ2v) is 21.0. The van der Waals surface area contributed by atoms with E-state index in [1.165, 1.54) is 6.92 Å². The van der Waals surface area contributed by atoms with Crippen molar-refractivity contribution in [2.24, 2.45) is 35.5 Å². The van der Waals surface area contributed by atoms with Crippen LogP contribution in [0.2, 0.25) is 0 Å². The number of carbonyl (C=O) groups excluding carboxylic acids is 7. The zero-order valence-electron chi connectivity index (χ0n) is 44.9. The molecule has 1 aromatic carbocycles. The Labute approximate surface area is 414 Å². The Morgan fingerprint density at radius 2 is 1.48 bits per heavy atom. The summed E-state index contributed by atoms with van der Waals surface area (Å²) in [6.45, 7) is 21.1. The zero-order chi connectivity index (χ0) is 52.3. The standard InChI is InChI=1S/C53H89N5O11/c1-17-35(6)47(57(14)50(63)40(33(2)3)31-43(60)46(34(4)5)56(12)13)44(66-15)32-45(61)58-27-21-25-41(58)48(67-16)36(7)42(59)30-39(29-38-23-19-18-20-24-38)49(62)54-26-22-28-68-51(64)37(8)55-52(65)69-53(9,10)11/h18-20,23-24,33-37,39-41,44,46-48H,17,21-22,25-32H2,1-16H3,(H,54,62)(H,55,65)/t35-,36-,37-,39+,40-,41-,44+,46-,47-,48+/m0/s1. The molecule has 16 heteroatoms. The summed E-state index contributed by atoms with van der Waals surface area (Å²) in [6.07, 6.45) is 0.698. The number of esters is 1. The van der Waals surface area contributed by atoms with E-state index in [9.17, 15) is 33.6 Å². The highest BCUT2D eigenvalue weighted by Gasteiger charge is 2.43. The van der Waals surface area contributed by atoms with Gasteiger partial charge in [0.1, 0.15) is 17.4 Å². The van der Waals surface area contributed by atoms with Gasteiger partial charge in [0.2, 0.25) is 17.7 Å². The lowest BCUT2D eigenvalue weighted by atomic mass is 9.83. The number of amides is 4. The smallest absolute Gasteiger partial charge is 0.408 e. The third-order valence-corrected chi connectivity index (χ3v) is 13.5. The number of ether oxygens (including phenoxy) is 4. The van der Waals surface area contributed by atoms with E-state index in [2.05, 4.69) is 10.6 Å². The molecule has 392 valence electrons. The van der Waals surface area contributed by atoms with Gasteiger partial charge in [-0.25, -0.2) is 9.59 Å². The number of likely N-dealkylation sites (tertiary alicyclic amines) is 1. The maximum atomic E-state index is 14.5. The van der Waals surface area contributed by atoms with Crippen LogP contribution < -0.4 is 10.6 Å². The van der Waals surface area contributed by atoms with Gasteiger partial charge < -0.3 is 39.4 Å². The van der Waals surface area contributed by atoms with E-state index in [1.807, 2.05) is 90.9 Å². The van der Waals surface area contributed by atoms with E-state index in [0.29, 0.717) is 32.2 Å². The van der Waals surface area contributed by atoms with Gasteiger partial charge in [-0.2, -0.15) is 0 Å². The highest BCUT2D eigenvalue weighted by atomic mass is 16.6. The van der Waals surface area contributed by atoms with Crippen molar-refractivity contribution in [2.45, 2.75) is 170 Å². The summed E-state index contributed by atoms with van der Waals surface area (Å²) in [5.41, 5.74) is 0.168. The molecule has 69 heavy (non-hydrogen) atoms. The molecule has 0 unspecified atom stereocenters. The van der Waals surface area contributed by atoms with Crippen LogP contribution in [0.3, 0.4) is 0 Å². The number of alkyl carbamates (subject to hydrolysis) is 1. The average molecular weight is 972 g/mol. The van der Waals surface area contributed by atoms with Crippen LogP contribution >= 0.6 is 0 Å². The number of hydrogen-bond acceptors (Lipinski definition) is 12. The molecule has 2 N–H and O–H groups in total. The lowest BCUT2D eigenvalue weighted by Gasteiger charge is -2.41. The molecule has 0 saturated carbocycles. The van der Waals surface area contributed by atoms with Crippen molar-refractivity contribution in [3.05, 3.63) is 35.9 Å². The van der Waals surface area contributed by atoms with E-state index in [0.717, 1.165) is 12.0 Å². The first-order valence-corrected chi connectivity index (χ1v) is 25.1. The monoisotopic (exact) mass is 972 g/mol. The van der Waals surface area contributed by atoms with Crippen molar-refractivity contribution in [1.82, 2.24) is 25.3 Å². The van der Waals surface area contributed by atoms with Crippen LogP contribution in [-0.2, 0) is 54.1 Å². The lowest BCUT2D eigenvalue weighted by molar-refractivity contribution is -0.149. The molecule has 16 nitrogen and oxygen atoms in total. The minimum absolute atomic E-state index is 0.000109. The molecular weight excluding hydrogens is 883 g/mol. The van der Waals surface area contributed by atoms with Crippen molar-refractivity contribution in [1.29, 1.82) is 0 Å². The fraction of sp³-hybridized carbons (Fsp3) is 0.755. The Hall–Kier alpha value is -4.41. The lowest BCUT2D eigenvalue weighted by Crippen LogP contribution is -2.54. The number of carbonyl (C=O) groups is 7. The van der Waals surface area contributed by atoms with Gasteiger partial charge in [-0.05, 0) is 90.8 Å². The Balaban J connectivity index is 2.21. The van der Waals surface area contributed by atoms with Gasteiger partial charge in [0.15, 0.2) is 5.78 Å². The number of methoxy groups -OCH3 is 2. The predicted octanol–water partition coefficient (Wildman–Crippen LogP) is 6.51. The Morgan fingerprint density at radius 1 is 0.841 bits per heavy atom. The summed E-state index contributed by atoms with van der Waals surface area (Å²) in [5.74, 6) is -3.39. The highest BCUT2D eigenvalue weighted by Crippen LogP contribution is 2.32. The third kappa shape index (κ3) is 19.0. The first-order valence-electron chi connectivity index (χ1n) is 25.1. The number of likely N-dealkylation sites (N-methyl/N-ethyl adjacent to an activating group) is 2. The van der Waals surface area contributed by atoms with Gasteiger partial charge in [-0.1, -0.05) is 85.2 Å². The second-order valence-electron chi connectivity index (χ2n) is 21.0. The number of hydrogen-bond donors (Lipinski definition) is 2. The molecule has 1 heterocycles. The van der Waals surface area contributed by atoms with Gasteiger partial charge in [0.25, 0.3) is 0 Å². The molecule has 0 radical (unpaired) electrons. The van der Waals surface area contributed by atoms with Crippen LogP contribution in [0.5, 0.6) is 0 Å². The van der Waals surface area contributed by atoms with Crippen molar-refractivity contribution in [2.75, 3.05) is 55.1 Å². The Morgan fingerprint density at radius 3 is 2.01 bits per heavy atom. The van der Waals surface area contributed by atoms with E-state index in [4.69, 9.17) is 18.9 Å². The van der Waals surface area contributed by atoms with Gasteiger partial charge in [0, 0.05) is 65.0 Å². The van der Waals surface area contributed by atoms with Gasteiger partial charge >= 0.3 is 12.1 Å². The van der Waals surface area contributed by atoms with E-state index >= 15 is 0 Å². The molecule has 2 rings (SSSR count). The maximum Gasteiger partial charge on any atom is 0.408 e. The number of rotatable bonds is 29. The number of ketones is 2. The van der Waals surface area contributed by atoms with Gasteiger partial charge in [-0.15, -0.1) is 0 Å². The SMILES string of the molecule is CC[C@H](C)[C@@H]([C@@H](CC(=O)N1CCC[C@H]1[C@H](OC)[C@@H](C)C(=O)C[C@@H](Cc1ccccc1)C(=O)NCCCOC(=O)[C@H](C)NC(=O)OC(C)(C)C)OC)N(C)C(=O)[C@@H](CC(=O)[C@H](C(C)C)N(C)C)C(C)C. The molecule has 1 aliphatic heterocycles. The summed E-state index contributed by atoms with van der Waals surface area (Å²) in [5, 5.41) is 5.36. The van der Waals surface area contributed by atoms with Crippen molar-refractivity contribution >= 4 is 41.4 Å². The molecule has 1 fully saturated rings. The summed E-state index contributed by atoms with van der Waals surface area (Å²) in [7, 11) is 8.63. The zero-order valence-corrected chi connectivity index (χ0v) is 44.9. The summed E-state index contributed by atoms with van der Waals surface area (Å²) < 4.78 is 22.7. The minimum atomic E-state index is -0.935. The largest absolute Gasteiger partial charge is 0.464 e. The Bertz CT molecular complexity index is 1790. The topological polar surface area (TPSA) is 190 Å². The number of nitrogens with one attached hydrogen (secondary N) is 2. The molecular formula is C53H89N5O11. The number of nitrogens with zero attached hydrogens (tertiary/aromatic N) is 3. The molecule has 0 bridgehead atoms. The van der Waals surface area contributed by atoms with E-state index in [1.54, 1.807) is 58.8 Å². The van der Waals surface area contributed by atoms with Crippen LogP contribution in [0.1, 0.15) is 127 Å². The maximum absolute atomic E-state index is 14.5. The summed E-state index contributed by atoms with van der Waals surface area (Å²) in [4.78, 5) is 100. The molecule has 4 amide bonds. The number of benzene rings is 1. The fourth-order valence-electron chi connectivity index (χ4n) is 9.66. The van der Waals surface area contributed by atoms with Crippen LogP contribution in [0.25, 0.3) is 0 Å². The van der Waals surface area contributed by atoms with E-state index in [-0.39, 0.29) is 85.5 Å². The van der Waals surface area contributed by atoms with Gasteiger partial charge in [0.05, 0.1) is 43.4 Å². The normalized spacial score (nSPS) is 18.1. The van der Waals surface area contributed by atoms with Gasteiger partial charge in [-0.3, -0.25) is 28.9 Å². The summed E-state index contributed by atoms with van der Waals surface area (Å²) in [6, 6.07) is 7.34. The minimum Gasteiger partial charge on any atom is -0.464 e. The van der Waals surface area contributed by atoms with Crippen molar-refractivity contribution in [3.63, 3.8) is 0 Å². The molecule has 0 spiro atoms. The molecule has 1 aliphatic rings. The number of Topliss-reactive ketones (excluding diaryl/α,β-unsaturated/α-hetero) is 2.